The van der Waals surface area contributed by atoms with Crippen molar-refractivity contribution in [2.75, 3.05) is 0 Å². The Hall–Kier alpha value is -2.35. The van der Waals surface area contributed by atoms with Crippen molar-refractivity contribution in [2.45, 2.75) is 13.1 Å². The topological polar surface area (TPSA) is 50.9 Å². The highest BCUT2D eigenvalue weighted by Crippen LogP contribution is 2.32. The molecule has 0 atom stereocenters. The number of hydrogen-bond acceptors (Lipinski definition) is 4. The largest absolute Gasteiger partial charge is 0.493 e. The van der Waals surface area contributed by atoms with Crippen molar-refractivity contribution in [2.24, 2.45) is 0 Å². The van der Waals surface area contributed by atoms with Crippen LogP contribution in [0.2, 0.25) is 0 Å². The molecular weight excluding hydrogens is 315 g/mol. The number of hydrogen-bond donors (Lipinski definition) is 1. The molecule has 1 aromatic carbocycles. The van der Waals surface area contributed by atoms with E-state index in [0.29, 0.717) is 22.1 Å². The summed E-state index contributed by atoms with van der Waals surface area (Å²) in [6.45, 7) is 1.74. The number of nitrogens with zero attached hydrogens (tertiary/aromatic N) is 3. The monoisotopic (exact) mass is 325 g/mol. The molecule has 0 bridgehead atoms. The molecule has 1 N–H and O–H groups in total. The highest BCUT2D eigenvalue weighted by Gasteiger charge is 2.30. The van der Waals surface area contributed by atoms with Gasteiger partial charge < -0.3 is 5.11 Å². The smallest absolute Gasteiger partial charge is 0.416 e. The second-order valence-corrected chi connectivity index (χ2v) is 5.48. The summed E-state index contributed by atoms with van der Waals surface area (Å²) in [5.41, 5.74) is 1.04. The van der Waals surface area contributed by atoms with E-state index in [2.05, 4.69) is 10.1 Å². The van der Waals surface area contributed by atoms with Gasteiger partial charge in [0, 0.05) is 17.0 Å². The summed E-state index contributed by atoms with van der Waals surface area (Å²) < 4.78 is 38.9. The molecule has 0 amide bonds. The second-order valence-electron chi connectivity index (χ2n) is 4.65. The predicted octanol–water partition coefficient (Wildman–Crippen LogP) is 4.03. The van der Waals surface area contributed by atoms with E-state index in [4.69, 9.17) is 0 Å². The van der Waals surface area contributed by atoms with Gasteiger partial charge in [0.2, 0.25) is 11.0 Å². The van der Waals surface area contributed by atoms with Gasteiger partial charge in [0.1, 0.15) is 0 Å². The minimum atomic E-state index is -4.36. The summed E-state index contributed by atoms with van der Waals surface area (Å²) in [5, 5.41) is 16.0. The number of benzene rings is 1. The van der Waals surface area contributed by atoms with Crippen LogP contribution < -0.4 is 0 Å². The van der Waals surface area contributed by atoms with Crippen LogP contribution in [-0.2, 0) is 6.18 Å². The van der Waals surface area contributed by atoms with Gasteiger partial charge >= 0.3 is 6.18 Å². The molecule has 3 aromatic rings. The molecule has 8 heteroatoms. The van der Waals surface area contributed by atoms with E-state index in [1.807, 2.05) is 0 Å². The van der Waals surface area contributed by atoms with E-state index in [-0.39, 0.29) is 5.88 Å². The molecule has 0 aliphatic heterocycles. The Bertz CT molecular complexity index is 806. The van der Waals surface area contributed by atoms with Gasteiger partial charge in [-0.2, -0.15) is 23.0 Å². The van der Waals surface area contributed by atoms with Gasteiger partial charge in [0.05, 0.1) is 17.0 Å². The summed E-state index contributed by atoms with van der Waals surface area (Å²) in [7, 11) is 0. The fourth-order valence-corrected chi connectivity index (χ4v) is 2.74. The van der Waals surface area contributed by atoms with Crippen LogP contribution in [0.25, 0.3) is 16.4 Å². The Balaban J connectivity index is 1.92. The molecule has 2 heterocycles. The summed E-state index contributed by atoms with van der Waals surface area (Å²) in [4.78, 5) is 4.29. The first-order valence-electron chi connectivity index (χ1n) is 6.24. The van der Waals surface area contributed by atoms with E-state index in [9.17, 15) is 18.3 Å². The summed E-state index contributed by atoms with van der Waals surface area (Å²) in [6.07, 6.45) is -4.36. The second kappa shape index (κ2) is 5.13. The van der Waals surface area contributed by atoms with E-state index in [1.165, 1.54) is 34.2 Å². The Morgan fingerprint density at radius 1 is 1.18 bits per heavy atom. The lowest BCUT2D eigenvalue weighted by Crippen LogP contribution is -2.04. The molecule has 0 fully saturated rings. The Morgan fingerprint density at radius 3 is 2.41 bits per heavy atom. The standard InChI is InChI=1S/C14H10F3N3OS/c1-8-6-12(21)20(19-8)13-18-11(7-22-13)9-2-4-10(5-3-9)14(15,16)17/h2-7,21H,1H3. The average molecular weight is 325 g/mol. The number of rotatable bonds is 2. The van der Waals surface area contributed by atoms with E-state index in [1.54, 1.807) is 12.3 Å². The van der Waals surface area contributed by atoms with Gasteiger partial charge in [-0.1, -0.05) is 12.1 Å². The van der Waals surface area contributed by atoms with Gasteiger partial charge in [0.25, 0.3) is 0 Å². The Kier molecular flexibility index (Phi) is 3.40. The zero-order valence-corrected chi connectivity index (χ0v) is 12.1. The molecule has 0 aliphatic carbocycles. The summed E-state index contributed by atoms with van der Waals surface area (Å²) >= 11 is 1.24. The van der Waals surface area contributed by atoms with Gasteiger partial charge in [-0.05, 0) is 19.1 Å². The highest BCUT2D eigenvalue weighted by atomic mass is 32.1. The maximum atomic E-state index is 12.5. The van der Waals surface area contributed by atoms with Crippen LogP contribution in [0.3, 0.4) is 0 Å². The Labute approximate surface area is 127 Å². The first-order chi connectivity index (χ1) is 10.3. The van der Waals surface area contributed by atoms with Gasteiger partial charge in [-0.15, -0.1) is 11.3 Å². The van der Waals surface area contributed by atoms with Crippen molar-refractivity contribution in [3.05, 3.63) is 47.0 Å². The SMILES string of the molecule is Cc1cc(O)n(-c2nc(-c3ccc(C(F)(F)F)cc3)cs2)n1. The fourth-order valence-electron chi connectivity index (χ4n) is 1.95. The number of halogens is 3. The number of aromatic hydroxyl groups is 1. The predicted molar refractivity (Wildman–Crippen MR) is 76.1 cm³/mol. The third-order valence-electron chi connectivity index (χ3n) is 2.99. The minimum Gasteiger partial charge on any atom is -0.493 e. The number of aromatic nitrogens is 3. The number of alkyl halides is 3. The van der Waals surface area contributed by atoms with E-state index >= 15 is 0 Å². The summed E-state index contributed by atoms with van der Waals surface area (Å²) in [6, 6.07) is 6.28. The number of aryl methyl sites for hydroxylation is 1. The normalized spacial score (nSPS) is 11.8. The zero-order chi connectivity index (χ0) is 15.9. The fraction of sp³-hybridized carbons (Fsp3) is 0.143. The molecule has 2 aromatic heterocycles. The first-order valence-corrected chi connectivity index (χ1v) is 7.12. The maximum Gasteiger partial charge on any atom is 0.416 e. The van der Waals surface area contributed by atoms with Crippen molar-refractivity contribution in [3.8, 4) is 22.3 Å². The summed E-state index contributed by atoms with van der Waals surface area (Å²) in [5.74, 6) is -0.0363. The molecule has 22 heavy (non-hydrogen) atoms. The van der Waals surface area contributed by atoms with E-state index < -0.39 is 11.7 Å². The third-order valence-corrected chi connectivity index (χ3v) is 3.81. The third kappa shape index (κ3) is 2.69. The molecule has 3 rings (SSSR count). The molecule has 4 nitrogen and oxygen atoms in total. The first kappa shape index (κ1) is 14.6. The van der Waals surface area contributed by atoms with Crippen molar-refractivity contribution >= 4 is 11.3 Å². The van der Waals surface area contributed by atoms with Gasteiger partial charge in [0.15, 0.2) is 0 Å². The van der Waals surface area contributed by atoms with Crippen LogP contribution >= 0.6 is 11.3 Å². The molecule has 0 unspecified atom stereocenters. The molecule has 0 saturated carbocycles. The van der Waals surface area contributed by atoms with Crippen LogP contribution in [0.5, 0.6) is 5.88 Å². The lowest BCUT2D eigenvalue weighted by molar-refractivity contribution is -0.137. The zero-order valence-electron chi connectivity index (χ0n) is 11.3. The van der Waals surface area contributed by atoms with Crippen LogP contribution in [0.1, 0.15) is 11.3 Å². The molecule has 0 saturated heterocycles. The van der Waals surface area contributed by atoms with Crippen LogP contribution in [-0.4, -0.2) is 19.9 Å². The maximum absolute atomic E-state index is 12.5. The molecular formula is C14H10F3N3OS. The molecule has 0 radical (unpaired) electrons. The quantitative estimate of drug-likeness (QED) is 0.774. The van der Waals surface area contributed by atoms with Gasteiger partial charge in [-0.3, -0.25) is 0 Å². The molecule has 0 spiro atoms. The lowest BCUT2D eigenvalue weighted by Gasteiger charge is -2.06. The van der Waals surface area contributed by atoms with Crippen LogP contribution in [0, 0.1) is 6.92 Å². The van der Waals surface area contributed by atoms with Crippen molar-refractivity contribution < 1.29 is 18.3 Å². The molecule has 0 aliphatic rings. The highest BCUT2D eigenvalue weighted by molar-refractivity contribution is 7.12. The molecule has 114 valence electrons. The van der Waals surface area contributed by atoms with Gasteiger partial charge in [-0.25, -0.2) is 4.98 Å². The lowest BCUT2D eigenvalue weighted by atomic mass is 10.1. The van der Waals surface area contributed by atoms with Crippen LogP contribution in [0.15, 0.2) is 35.7 Å². The minimum absolute atomic E-state index is 0.0363. The van der Waals surface area contributed by atoms with Crippen molar-refractivity contribution in [1.29, 1.82) is 0 Å². The number of thiazole rings is 1. The van der Waals surface area contributed by atoms with E-state index in [0.717, 1.165) is 12.1 Å². The van der Waals surface area contributed by atoms with Crippen molar-refractivity contribution in [3.63, 3.8) is 0 Å². The van der Waals surface area contributed by atoms with Crippen LogP contribution in [0.4, 0.5) is 13.2 Å². The van der Waals surface area contributed by atoms with Crippen molar-refractivity contribution in [1.82, 2.24) is 14.8 Å². The Morgan fingerprint density at radius 2 is 1.86 bits per heavy atom. The average Bonchev–Trinajstić information content (AvgIpc) is 3.04.